The Labute approximate surface area is 160 Å². The number of nitrogens with one attached hydrogen (secondary N) is 3. The van der Waals surface area contributed by atoms with Crippen LogP contribution in [0, 0.1) is 0 Å². The van der Waals surface area contributed by atoms with Gasteiger partial charge >= 0.3 is 6.09 Å². The predicted octanol–water partition coefficient (Wildman–Crippen LogP) is 2.58. The van der Waals surface area contributed by atoms with Gasteiger partial charge in [-0.2, -0.15) is 0 Å². The van der Waals surface area contributed by atoms with Gasteiger partial charge in [0.2, 0.25) is 0 Å². The van der Waals surface area contributed by atoms with Crippen LogP contribution in [0.5, 0.6) is 0 Å². The maximum atomic E-state index is 11.6. The van der Waals surface area contributed by atoms with Crippen LogP contribution in [-0.4, -0.2) is 67.9 Å². The van der Waals surface area contributed by atoms with E-state index in [9.17, 15) is 4.79 Å². The molecule has 0 bridgehead atoms. The van der Waals surface area contributed by atoms with E-state index >= 15 is 0 Å². The van der Waals surface area contributed by atoms with Crippen molar-refractivity contribution in [2.24, 2.45) is 4.99 Å². The van der Waals surface area contributed by atoms with Crippen molar-refractivity contribution in [2.45, 2.75) is 73.0 Å². The molecule has 0 rings (SSSR count). The minimum Gasteiger partial charge on any atom is -0.444 e. The summed E-state index contributed by atoms with van der Waals surface area (Å²) in [5.74, 6) is 0.786. The van der Waals surface area contributed by atoms with Gasteiger partial charge in [-0.3, -0.25) is 4.99 Å². The molecule has 7 heteroatoms. The van der Waals surface area contributed by atoms with Crippen LogP contribution in [0.2, 0.25) is 0 Å². The van der Waals surface area contributed by atoms with Crippen LogP contribution in [0.25, 0.3) is 0 Å². The molecule has 0 saturated heterocycles. The summed E-state index contributed by atoms with van der Waals surface area (Å²) in [5.41, 5.74) is -0.482. The molecule has 0 heterocycles. The van der Waals surface area contributed by atoms with E-state index in [1.165, 1.54) is 0 Å². The number of carbonyl (C=O) groups excluding carboxylic acids is 1. The number of ether oxygens (including phenoxy) is 1. The highest BCUT2D eigenvalue weighted by Crippen LogP contribution is 2.06. The number of aliphatic imine (C=N–C) groups is 1. The average Bonchev–Trinajstić information content (AvgIpc) is 2.54. The average molecular weight is 372 g/mol. The lowest BCUT2D eigenvalue weighted by atomic mass is 10.2. The molecule has 0 radical (unpaired) electrons. The molecule has 26 heavy (non-hydrogen) atoms. The molecule has 0 aromatic carbocycles. The molecule has 0 aliphatic heterocycles. The van der Waals surface area contributed by atoms with Gasteiger partial charge in [-0.1, -0.05) is 13.8 Å². The lowest BCUT2D eigenvalue weighted by molar-refractivity contribution is 0.0529. The lowest BCUT2D eigenvalue weighted by Crippen LogP contribution is -2.43. The van der Waals surface area contributed by atoms with Gasteiger partial charge < -0.3 is 25.6 Å². The fraction of sp³-hybridized carbons (Fsp3) is 0.895. The Morgan fingerprint density at radius 1 is 1.15 bits per heavy atom. The highest BCUT2D eigenvalue weighted by Gasteiger charge is 2.15. The van der Waals surface area contributed by atoms with Crippen molar-refractivity contribution in [3.05, 3.63) is 0 Å². The smallest absolute Gasteiger partial charge is 0.407 e. The zero-order chi connectivity index (χ0) is 20.0. The molecule has 7 nitrogen and oxygen atoms in total. The van der Waals surface area contributed by atoms with Crippen molar-refractivity contribution in [1.82, 2.24) is 20.9 Å². The van der Waals surface area contributed by atoms with Gasteiger partial charge in [-0.25, -0.2) is 4.79 Å². The first-order valence-corrected chi connectivity index (χ1v) is 9.95. The van der Waals surface area contributed by atoms with Crippen LogP contribution < -0.4 is 16.0 Å². The largest absolute Gasteiger partial charge is 0.444 e. The molecule has 0 aromatic rings. The second kappa shape index (κ2) is 13.7. The zero-order valence-electron chi connectivity index (χ0n) is 17.9. The van der Waals surface area contributed by atoms with Gasteiger partial charge in [0.25, 0.3) is 0 Å². The van der Waals surface area contributed by atoms with E-state index in [0.717, 1.165) is 45.0 Å². The van der Waals surface area contributed by atoms with Gasteiger partial charge in [-0.05, 0) is 67.1 Å². The van der Waals surface area contributed by atoms with E-state index in [4.69, 9.17) is 4.74 Å². The lowest BCUT2D eigenvalue weighted by Gasteiger charge is -2.21. The topological polar surface area (TPSA) is 78.0 Å². The summed E-state index contributed by atoms with van der Waals surface area (Å²) in [4.78, 5) is 18.6. The van der Waals surface area contributed by atoms with Crippen LogP contribution in [-0.2, 0) is 4.74 Å². The first-order chi connectivity index (χ1) is 12.2. The minimum atomic E-state index is -0.482. The van der Waals surface area contributed by atoms with E-state index in [-0.39, 0.29) is 0 Å². The summed E-state index contributed by atoms with van der Waals surface area (Å²) in [6, 6.07) is 0.349. The van der Waals surface area contributed by atoms with Crippen molar-refractivity contribution in [3.8, 4) is 0 Å². The van der Waals surface area contributed by atoms with Crippen LogP contribution in [0.15, 0.2) is 4.99 Å². The molecule has 0 saturated carbocycles. The maximum Gasteiger partial charge on any atom is 0.407 e. The normalized spacial score (nSPS) is 13.5. The summed E-state index contributed by atoms with van der Waals surface area (Å²) >= 11 is 0. The van der Waals surface area contributed by atoms with Crippen LogP contribution >= 0.6 is 0 Å². The SMILES string of the molecule is CCNC(=NCCNC(=O)OC(C)(C)C)NC(C)CCCN(CC)CC. The van der Waals surface area contributed by atoms with Gasteiger partial charge in [0.15, 0.2) is 5.96 Å². The molecular formula is C19H41N5O2. The van der Waals surface area contributed by atoms with Gasteiger partial charge in [-0.15, -0.1) is 0 Å². The van der Waals surface area contributed by atoms with E-state index in [0.29, 0.717) is 19.1 Å². The van der Waals surface area contributed by atoms with Gasteiger partial charge in [0.1, 0.15) is 5.60 Å². The second-order valence-corrected chi connectivity index (χ2v) is 7.40. The third-order valence-electron chi connectivity index (χ3n) is 3.78. The molecule has 1 atom stereocenters. The van der Waals surface area contributed by atoms with Crippen molar-refractivity contribution in [2.75, 3.05) is 39.3 Å². The summed E-state index contributed by atoms with van der Waals surface area (Å²) in [7, 11) is 0. The number of hydrogen-bond donors (Lipinski definition) is 3. The Morgan fingerprint density at radius 3 is 2.35 bits per heavy atom. The molecule has 0 aliphatic carbocycles. The number of rotatable bonds is 11. The summed E-state index contributed by atoms with van der Waals surface area (Å²) in [5, 5.41) is 9.40. The molecule has 0 aromatic heterocycles. The van der Waals surface area contributed by atoms with Gasteiger partial charge in [0, 0.05) is 19.1 Å². The number of alkyl carbamates (subject to hydrolysis) is 1. The molecule has 0 aliphatic rings. The first kappa shape index (κ1) is 24.5. The van der Waals surface area contributed by atoms with Crippen LogP contribution in [0.3, 0.4) is 0 Å². The number of nitrogens with zero attached hydrogens (tertiary/aromatic N) is 2. The molecule has 154 valence electrons. The number of hydrogen-bond acceptors (Lipinski definition) is 4. The highest BCUT2D eigenvalue weighted by atomic mass is 16.6. The van der Waals surface area contributed by atoms with Crippen molar-refractivity contribution >= 4 is 12.1 Å². The Morgan fingerprint density at radius 2 is 1.81 bits per heavy atom. The van der Waals surface area contributed by atoms with Crippen molar-refractivity contribution < 1.29 is 9.53 Å². The van der Waals surface area contributed by atoms with Crippen molar-refractivity contribution in [3.63, 3.8) is 0 Å². The third kappa shape index (κ3) is 13.8. The molecule has 1 unspecified atom stereocenters. The highest BCUT2D eigenvalue weighted by molar-refractivity contribution is 5.80. The second-order valence-electron chi connectivity index (χ2n) is 7.40. The number of guanidine groups is 1. The van der Waals surface area contributed by atoms with Crippen molar-refractivity contribution in [1.29, 1.82) is 0 Å². The monoisotopic (exact) mass is 371 g/mol. The summed E-state index contributed by atoms with van der Waals surface area (Å²) in [6.45, 7) is 19.2. The molecule has 0 spiro atoms. The quantitative estimate of drug-likeness (QED) is 0.296. The summed E-state index contributed by atoms with van der Waals surface area (Å²) in [6.07, 6.45) is 1.85. The van der Waals surface area contributed by atoms with E-state index < -0.39 is 11.7 Å². The third-order valence-corrected chi connectivity index (χ3v) is 3.78. The molecule has 0 fully saturated rings. The standard InChI is InChI=1S/C19H41N5O2/c1-8-20-17(21-13-14-22-18(25)26-19(5,6)7)23-16(4)12-11-15-24(9-2)10-3/h16H,8-15H2,1-7H3,(H,22,25)(H2,20,21,23). The van der Waals surface area contributed by atoms with Crippen LogP contribution in [0.4, 0.5) is 4.79 Å². The number of amides is 1. The Kier molecular flexibility index (Phi) is 12.9. The molecule has 3 N–H and O–H groups in total. The fourth-order valence-corrected chi connectivity index (χ4v) is 2.43. The van der Waals surface area contributed by atoms with E-state index in [1.54, 1.807) is 0 Å². The first-order valence-electron chi connectivity index (χ1n) is 9.95. The Bertz CT molecular complexity index is 403. The molecule has 1 amide bonds. The summed E-state index contributed by atoms with van der Waals surface area (Å²) < 4.78 is 5.21. The Balaban J connectivity index is 4.20. The zero-order valence-corrected chi connectivity index (χ0v) is 17.9. The van der Waals surface area contributed by atoms with E-state index in [2.05, 4.69) is 46.6 Å². The fourth-order valence-electron chi connectivity index (χ4n) is 2.43. The maximum absolute atomic E-state index is 11.6. The van der Waals surface area contributed by atoms with Gasteiger partial charge in [0.05, 0.1) is 6.54 Å². The van der Waals surface area contributed by atoms with E-state index in [1.807, 2.05) is 27.7 Å². The predicted molar refractivity (Wildman–Crippen MR) is 110 cm³/mol. The molecular weight excluding hydrogens is 330 g/mol. The van der Waals surface area contributed by atoms with Crippen LogP contribution in [0.1, 0.15) is 61.3 Å². The minimum absolute atomic E-state index is 0.349. The Hall–Kier alpha value is -1.50. The number of carbonyl (C=O) groups is 1.